The second-order valence-corrected chi connectivity index (χ2v) is 8.08. The van der Waals surface area contributed by atoms with Gasteiger partial charge in [-0.05, 0) is 43.9 Å². The number of fused-ring (bicyclic) bond motifs is 1. The van der Waals surface area contributed by atoms with E-state index in [1.54, 1.807) is 7.11 Å². The molecule has 1 aromatic carbocycles. The van der Waals surface area contributed by atoms with Crippen LogP contribution in [0.25, 0.3) is 5.65 Å². The molecule has 4 rings (SSSR count). The van der Waals surface area contributed by atoms with Crippen molar-refractivity contribution in [3.05, 3.63) is 63.2 Å². The first kappa shape index (κ1) is 21.1. The molecule has 1 fully saturated rings. The summed E-state index contributed by atoms with van der Waals surface area (Å²) in [7, 11) is 1.62. The van der Waals surface area contributed by atoms with Crippen molar-refractivity contribution in [3.8, 4) is 5.75 Å². The van der Waals surface area contributed by atoms with Gasteiger partial charge < -0.3 is 14.8 Å². The van der Waals surface area contributed by atoms with E-state index in [0.717, 1.165) is 48.6 Å². The number of H-pyrrole nitrogens is 1. The highest BCUT2D eigenvalue weighted by molar-refractivity contribution is 5.79. The summed E-state index contributed by atoms with van der Waals surface area (Å²) in [6, 6.07) is 8.70. The fourth-order valence-electron chi connectivity index (χ4n) is 4.07. The molecule has 31 heavy (non-hydrogen) atoms. The highest BCUT2D eigenvalue weighted by Gasteiger charge is 2.20. The summed E-state index contributed by atoms with van der Waals surface area (Å²) in [6.07, 6.45) is 2.09. The van der Waals surface area contributed by atoms with Crippen LogP contribution in [0, 0.1) is 6.92 Å². The maximum Gasteiger partial charge on any atom is 0.272 e. The van der Waals surface area contributed by atoms with E-state index in [1.807, 2.05) is 38.1 Å². The van der Waals surface area contributed by atoms with E-state index in [0.29, 0.717) is 17.3 Å². The molecule has 1 aliphatic rings. The van der Waals surface area contributed by atoms with Crippen molar-refractivity contribution >= 4 is 11.6 Å². The van der Waals surface area contributed by atoms with Gasteiger partial charge in [-0.15, -0.1) is 0 Å². The summed E-state index contributed by atoms with van der Waals surface area (Å²) in [5, 5.41) is 6.12. The van der Waals surface area contributed by atoms with Crippen LogP contribution in [0.4, 0.5) is 0 Å². The van der Waals surface area contributed by atoms with Crippen molar-refractivity contribution in [3.63, 3.8) is 0 Å². The Morgan fingerprint density at radius 3 is 2.81 bits per heavy atom. The SMILES string of the molecule is COc1ccc(CC(=O)N[C@H](C)c2cc(=O)n3[nH]c(C4CCOCC4)cc3n2)cc1C. The number of nitrogens with zero attached hydrogens (tertiary/aromatic N) is 2. The minimum atomic E-state index is -0.383. The normalized spacial score (nSPS) is 15.7. The minimum Gasteiger partial charge on any atom is -0.496 e. The first-order valence-corrected chi connectivity index (χ1v) is 10.6. The van der Waals surface area contributed by atoms with Crippen molar-refractivity contribution in [2.24, 2.45) is 0 Å². The van der Waals surface area contributed by atoms with E-state index in [-0.39, 0.29) is 23.9 Å². The molecule has 1 amide bonds. The summed E-state index contributed by atoms with van der Waals surface area (Å²) in [4.78, 5) is 29.8. The van der Waals surface area contributed by atoms with Gasteiger partial charge in [0.1, 0.15) is 5.75 Å². The first-order chi connectivity index (χ1) is 14.9. The maximum absolute atomic E-state index is 12.6. The zero-order chi connectivity index (χ0) is 22.0. The fraction of sp³-hybridized carbons (Fsp3) is 0.435. The largest absolute Gasteiger partial charge is 0.496 e. The average molecular weight is 425 g/mol. The van der Waals surface area contributed by atoms with E-state index in [2.05, 4.69) is 15.4 Å². The van der Waals surface area contributed by atoms with Gasteiger partial charge in [-0.2, -0.15) is 0 Å². The van der Waals surface area contributed by atoms with Crippen molar-refractivity contribution < 1.29 is 14.3 Å². The average Bonchev–Trinajstić information content (AvgIpc) is 3.19. The number of hydrogen-bond donors (Lipinski definition) is 2. The Kier molecular flexibility index (Phi) is 6.08. The number of rotatable bonds is 6. The van der Waals surface area contributed by atoms with Gasteiger partial charge in [-0.3, -0.25) is 14.7 Å². The third-order valence-electron chi connectivity index (χ3n) is 5.80. The van der Waals surface area contributed by atoms with Crippen LogP contribution in [0.15, 0.2) is 35.1 Å². The van der Waals surface area contributed by atoms with Crippen LogP contribution >= 0.6 is 0 Å². The number of carbonyl (C=O) groups is 1. The predicted octanol–water partition coefficient (Wildman–Crippen LogP) is 2.65. The zero-order valence-electron chi connectivity index (χ0n) is 18.1. The Morgan fingerprint density at radius 2 is 2.10 bits per heavy atom. The number of ether oxygens (including phenoxy) is 2. The lowest BCUT2D eigenvalue weighted by Gasteiger charge is -2.20. The first-order valence-electron chi connectivity index (χ1n) is 10.6. The second kappa shape index (κ2) is 8.93. The van der Waals surface area contributed by atoms with Crippen LogP contribution in [0.1, 0.15) is 54.2 Å². The number of benzene rings is 1. The number of hydrogen-bond acceptors (Lipinski definition) is 5. The second-order valence-electron chi connectivity index (χ2n) is 8.08. The smallest absolute Gasteiger partial charge is 0.272 e. The minimum absolute atomic E-state index is 0.129. The summed E-state index contributed by atoms with van der Waals surface area (Å²) >= 11 is 0. The molecule has 3 heterocycles. The number of amides is 1. The number of nitrogens with one attached hydrogen (secondary N) is 2. The van der Waals surface area contributed by atoms with E-state index >= 15 is 0 Å². The van der Waals surface area contributed by atoms with Crippen molar-refractivity contribution in [1.29, 1.82) is 0 Å². The van der Waals surface area contributed by atoms with Crippen LogP contribution in [0.5, 0.6) is 5.75 Å². The molecule has 0 spiro atoms. The summed E-state index contributed by atoms with van der Waals surface area (Å²) in [5.74, 6) is 1.00. The van der Waals surface area contributed by atoms with Gasteiger partial charge in [0.25, 0.3) is 5.56 Å². The van der Waals surface area contributed by atoms with Gasteiger partial charge in [0, 0.05) is 37.0 Å². The molecule has 0 saturated carbocycles. The van der Waals surface area contributed by atoms with E-state index in [1.165, 1.54) is 10.6 Å². The highest BCUT2D eigenvalue weighted by atomic mass is 16.5. The Labute approximate surface area is 180 Å². The summed E-state index contributed by atoms with van der Waals surface area (Å²) in [5.41, 5.74) is 3.80. The van der Waals surface area contributed by atoms with Crippen LogP contribution in [-0.2, 0) is 16.0 Å². The molecule has 0 radical (unpaired) electrons. The molecule has 0 bridgehead atoms. The number of carbonyl (C=O) groups excluding carboxylic acids is 1. The number of methoxy groups -OCH3 is 1. The molecule has 0 aliphatic carbocycles. The topological polar surface area (TPSA) is 97.7 Å². The molecule has 8 heteroatoms. The van der Waals surface area contributed by atoms with Crippen molar-refractivity contribution in [1.82, 2.24) is 19.9 Å². The molecular weight excluding hydrogens is 396 g/mol. The van der Waals surface area contributed by atoms with E-state index < -0.39 is 0 Å². The third-order valence-corrected chi connectivity index (χ3v) is 5.80. The molecule has 2 N–H and O–H groups in total. The number of aromatic amines is 1. The van der Waals surface area contributed by atoms with Crippen LogP contribution in [0.3, 0.4) is 0 Å². The highest BCUT2D eigenvalue weighted by Crippen LogP contribution is 2.26. The Balaban J connectivity index is 1.48. The Hall–Kier alpha value is -3.13. The summed E-state index contributed by atoms with van der Waals surface area (Å²) in [6.45, 7) is 5.23. The Morgan fingerprint density at radius 1 is 1.32 bits per heavy atom. The Bertz CT molecular complexity index is 1140. The molecule has 164 valence electrons. The van der Waals surface area contributed by atoms with Gasteiger partial charge in [0.05, 0.1) is 25.3 Å². The van der Waals surface area contributed by atoms with E-state index in [9.17, 15) is 9.59 Å². The van der Waals surface area contributed by atoms with E-state index in [4.69, 9.17) is 9.47 Å². The van der Waals surface area contributed by atoms with Gasteiger partial charge in [-0.1, -0.05) is 12.1 Å². The fourth-order valence-corrected chi connectivity index (χ4v) is 4.07. The van der Waals surface area contributed by atoms with Gasteiger partial charge >= 0.3 is 0 Å². The van der Waals surface area contributed by atoms with Crippen LogP contribution in [-0.4, -0.2) is 40.8 Å². The molecule has 1 saturated heterocycles. The van der Waals surface area contributed by atoms with Gasteiger partial charge in [0.15, 0.2) is 5.65 Å². The van der Waals surface area contributed by atoms with Gasteiger partial charge in [-0.25, -0.2) is 9.50 Å². The molecule has 0 unspecified atom stereocenters. The van der Waals surface area contributed by atoms with Crippen molar-refractivity contribution in [2.45, 2.75) is 45.1 Å². The monoisotopic (exact) mass is 424 g/mol. The van der Waals surface area contributed by atoms with Crippen LogP contribution in [0.2, 0.25) is 0 Å². The molecular formula is C23H28N4O4. The lowest BCUT2D eigenvalue weighted by Crippen LogP contribution is -2.30. The lowest BCUT2D eigenvalue weighted by atomic mass is 9.97. The molecule has 2 aromatic heterocycles. The quantitative estimate of drug-likeness (QED) is 0.634. The number of aromatic nitrogens is 3. The molecule has 1 aliphatic heterocycles. The van der Waals surface area contributed by atoms with Crippen molar-refractivity contribution in [2.75, 3.05) is 20.3 Å². The third kappa shape index (κ3) is 4.64. The van der Waals surface area contributed by atoms with Crippen LogP contribution < -0.4 is 15.6 Å². The standard InChI is InChI=1S/C23H28N4O4/c1-14-10-16(4-5-20(14)30-3)11-22(28)24-15(2)18-13-23(29)27-21(25-18)12-19(26-27)17-6-8-31-9-7-17/h4-5,10,12-13,15,17,26H,6-9,11H2,1-3H3,(H,24,28)/t15-/m1/s1. The lowest BCUT2D eigenvalue weighted by molar-refractivity contribution is -0.121. The zero-order valence-corrected chi connectivity index (χ0v) is 18.1. The van der Waals surface area contributed by atoms with Gasteiger partial charge in [0.2, 0.25) is 5.91 Å². The number of aryl methyl sites for hydroxylation is 1. The molecule has 3 aromatic rings. The maximum atomic E-state index is 12.6. The predicted molar refractivity (Wildman–Crippen MR) is 117 cm³/mol. The molecule has 1 atom stereocenters. The molecule has 8 nitrogen and oxygen atoms in total. The summed E-state index contributed by atoms with van der Waals surface area (Å²) < 4.78 is 12.1.